The Balaban J connectivity index is 1.35. The smallest absolute Gasteiger partial charge is 0.230 e. The molecule has 1 heterocycles. The molecule has 4 bridgehead atoms. The first-order valence-corrected chi connectivity index (χ1v) is 10.2. The summed E-state index contributed by atoms with van der Waals surface area (Å²) < 4.78 is 0.873. The summed E-state index contributed by atoms with van der Waals surface area (Å²) in [5.41, 5.74) is 2.09. The van der Waals surface area contributed by atoms with Crippen molar-refractivity contribution in [3.63, 3.8) is 0 Å². The number of amides is 1. The topological polar surface area (TPSA) is 54.9 Å². The van der Waals surface area contributed by atoms with E-state index in [4.69, 9.17) is 0 Å². The number of rotatable bonds is 5. The maximum Gasteiger partial charge on any atom is 0.230 e. The third-order valence-corrected chi connectivity index (χ3v) is 7.91. The minimum atomic E-state index is 0.142. The molecule has 5 rings (SSSR count). The lowest BCUT2D eigenvalue weighted by atomic mass is 9.48. The molecule has 1 aromatic rings. The van der Waals surface area contributed by atoms with Gasteiger partial charge in [-0.1, -0.05) is 23.1 Å². The summed E-state index contributed by atoms with van der Waals surface area (Å²) in [7, 11) is 0. The van der Waals surface area contributed by atoms with Gasteiger partial charge in [0.05, 0.1) is 5.75 Å². The molecule has 0 spiro atoms. The Hall–Kier alpha value is -0.620. The van der Waals surface area contributed by atoms with Crippen LogP contribution < -0.4 is 5.32 Å². The molecule has 4 fully saturated rings. The van der Waals surface area contributed by atoms with Gasteiger partial charge in [-0.15, -0.1) is 10.2 Å². The summed E-state index contributed by atoms with van der Waals surface area (Å²) in [6.45, 7) is 2.24. The Morgan fingerprint density at radius 1 is 1.36 bits per heavy atom. The molecule has 4 aliphatic carbocycles. The zero-order valence-electron chi connectivity index (χ0n) is 13.0. The van der Waals surface area contributed by atoms with E-state index in [1.165, 1.54) is 61.6 Å². The number of carbonyl (C=O) groups is 1. The van der Waals surface area contributed by atoms with Crippen LogP contribution in [0.4, 0.5) is 0 Å². The van der Waals surface area contributed by atoms with Crippen LogP contribution in [-0.2, 0) is 4.79 Å². The van der Waals surface area contributed by atoms with Crippen LogP contribution >= 0.6 is 23.1 Å². The lowest BCUT2D eigenvalue weighted by molar-refractivity contribution is -0.123. The summed E-state index contributed by atoms with van der Waals surface area (Å²) in [5, 5.41) is 11.1. The molecule has 4 saturated carbocycles. The fourth-order valence-electron chi connectivity index (χ4n) is 5.50. The predicted octanol–water partition coefficient (Wildman–Crippen LogP) is 3.35. The maximum atomic E-state index is 12.3. The molecule has 0 unspecified atom stereocenters. The van der Waals surface area contributed by atoms with E-state index in [0.717, 1.165) is 22.1 Å². The first kappa shape index (κ1) is 14.9. The lowest BCUT2D eigenvalue weighted by Gasteiger charge is -2.59. The number of aromatic nitrogens is 2. The molecule has 0 saturated heterocycles. The van der Waals surface area contributed by atoms with Crippen LogP contribution in [0, 0.1) is 23.2 Å². The molecule has 1 amide bonds. The molecule has 120 valence electrons. The summed E-state index contributed by atoms with van der Waals surface area (Å²) >= 11 is 2.98. The van der Waals surface area contributed by atoms with E-state index in [0.29, 0.717) is 17.2 Å². The van der Waals surface area contributed by atoms with E-state index in [1.54, 1.807) is 5.51 Å². The van der Waals surface area contributed by atoms with Crippen molar-refractivity contribution < 1.29 is 4.79 Å². The second-order valence-electron chi connectivity index (χ2n) is 7.56. The molecule has 6 heteroatoms. The van der Waals surface area contributed by atoms with Gasteiger partial charge < -0.3 is 5.32 Å². The van der Waals surface area contributed by atoms with Crippen molar-refractivity contribution in [2.45, 2.75) is 55.8 Å². The zero-order valence-corrected chi connectivity index (χ0v) is 14.6. The van der Waals surface area contributed by atoms with Crippen LogP contribution in [0.2, 0.25) is 0 Å². The SMILES string of the molecule is C[C@H](NC(=O)CSc1nncs1)C12CC3CC(CC(C3)C1)C2. The Bertz CT molecular complexity index is 510. The highest BCUT2D eigenvalue weighted by Gasteiger charge is 2.53. The standard InChI is InChI=1S/C16H23N3OS2/c1-10(18-14(20)8-21-15-19-17-9-22-15)16-5-11-2-12(6-16)4-13(3-11)7-16/h9-13H,2-8H2,1H3,(H,18,20)/t10-,11?,12?,13?,16?/m0/s1. The quantitative estimate of drug-likeness (QED) is 0.837. The van der Waals surface area contributed by atoms with Crippen molar-refractivity contribution in [2.75, 3.05) is 5.75 Å². The maximum absolute atomic E-state index is 12.3. The monoisotopic (exact) mass is 337 g/mol. The van der Waals surface area contributed by atoms with Crippen molar-refractivity contribution in [1.29, 1.82) is 0 Å². The van der Waals surface area contributed by atoms with Crippen LogP contribution in [0.3, 0.4) is 0 Å². The Kier molecular flexibility index (Phi) is 3.93. The van der Waals surface area contributed by atoms with Gasteiger partial charge >= 0.3 is 0 Å². The highest BCUT2D eigenvalue weighted by molar-refractivity contribution is 8.01. The van der Waals surface area contributed by atoms with Gasteiger partial charge in [-0.05, 0) is 68.6 Å². The van der Waals surface area contributed by atoms with Crippen molar-refractivity contribution in [1.82, 2.24) is 15.5 Å². The van der Waals surface area contributed by atoms with E-state index in [2.05, 4.69) is 22.4 Å². The fourth-order valence-corrected chi connectivity index (χ4v) is 6.80. The number of nitrogens with one attached hydrogen (secondary N) is 1. The van der Waals surface area contributed by atoms with Crippen LogP contribution in [-0.4, -0.2) is 27.9 Å². The van der Waals surface area contributed by atoms with Crippen LogP contribution in [0.25, 0.3) is 0 Å². The van der Waals surface area contributed by atoms with E-state index in [1.807, 2.05) is 0 Å². The van der Waals surface area contributed by atoms with Crippen LogP contribution in [0.5, 0.6) is 0 Å². The summed E-state index contributed by atoms with van der Waals surface area (Å²) in [4.78, 5) is 12.3. The second kappa shape index (κ2) is 5.78. The normalized spacial score (nSPS) is 37.2. The molecule has 1 atom stereocenters. The van der Waals surface area contributed by atoms with Crippen molar-refractivity contribution >= 4 is 29.0 Å². The number of hydrogen-bond donors (Lipinski definition) is 1. The van der Waals surface area contributed by atoms with Gasteiger partial charge in [-0.25, -0.2) is 0 Å². The average Bonchev–Trinajstić information content (AvgIpc) is 2.97. The first-order chi connectivity index (χ1) is 10.6. The van der Waals surface area contributed by atoms with E-state index < -0.39 is 0 Å². The van der Waals surface area contributed by atoms with Gasteiger partial charge in [0.2, 0.25) is 5.91 Å². The average molecular weight is 338 g/mol. The molecule has 1 aromatic heterocycles. The van der Waals surface area contributed by atoms with Gasteiger partial charge in [-0.2, -0.15) is 0 Å². The fraction of sp³-hybridized carbons (Fsp3) is 0.812. The van der Waals surface area contributed by atoms with E-state index in [9.17, 15) is 4.79 Å². The van der Waals surface area contributed by atoms with Crippen molar-refractivity contribution in [2.24, 2.45) is 23.2 Å². The van der Waals surface area contributed by atoms with Crippen LogP contribution in [0.15, 0.2) is 9.85 Å². The minimum Gasteiger partial charge on any atom is -0.352 e. The molecule has 0 aliphatic heterocycles. The van der Waals surface area contributed by atoms with Crippen molar-refractivity contribution in [3.05, 3.63) is 5.51 Å². The van der Waals surface area contributed by atoms with E-state index in [-0.39, 0.29) is 5.91 Å². The molecular weight excluding hydrogens is 314 g/mol. The third-order valence-electron chi connectivity index (χ3n) is 6.05. The molecule has 1 N–H and O–H groups in total. The first-order valence-electron chi connectivity index (χ1n) is 8.31. The molecule has 22 heavy (non-hydrogen) atoms. The van der Waals surface area contributed by atoms with Gasteiger partial charge in [0, 0.05) is 6.04 Å². The Morgan fingerprint density at radius 3 is 2.55 bits per heavy atom. The van der Waals surface area contributed by atoms with Crippen LogP contribution in [0.1, 0.15) is 45.4 Å². The number of hydrogen-bond acceptors (Lipinski definition) is 5. The Morgan fingerprint density at radius 2 is 2.00 bits per heavy atom. The molecule has 0 aromatic carbocycles. The second-order valence-corrected chi connectivity index (χ2v) is 9.62. The van der Waals surface area contributed by atoms with E-state index >= 15 is 0 Å². The third kappa shape index (κ3) is 2.80. The van der Waals surface area contributed by atoms with Crippen molar-refractivity contribution in [3.8, 4) is 0 Å². The molecule has 4 aliphatic rings. The van der Waals surface area contributed by atoms with Gasteiger partial charge in [0.25, 0.3) is 0 Å². The highest BCUT2D eigenvalue weighted by Crippen LogP contribution is 2.61. The minimum absolute atomic E-state index is 0.142. The summed E-state index contributed by atoms with van der Waals surface area (Å²) in [6.07, 6.45) is 8.37. The zero-order chi connectivity index (χ0) is 15.2. The molecular formula is C16H23N3OS2. The lowest BCUT2D eigenvalue weighted by Crippen LogP contribution is -2.56. The molecule has 4 nitrogen and oxygen atoms in total. The summed E-state index contributed by atoms with van der Waals surface area (Å²) in [6, 6.07) is 0.309. The summed E-state index contributed by atoms with van der Waals surface area (Å²) in [5.74, 6) is 3.39. The number of carbonyl (C=O) groups excluding carboxylic acids is 1. The predicted molar refractivity (Wildman–Crippen MR) is 88.8 cm³/mol. The van der Waals surface area contributed by atoms with Gasteiger partial charge in [0.1, 0.15) is 5.51 Å². The largest absolute Gasteiger partial charge is 0.352 e. The highest BCUT2D eigenvalue weighted by atomic mass is 32.2. The number of nitrogens with zero attached hydrogens (tertiary/aromatic N) is 2. The Labute approximate surface area is 139 Å². The van der Waals surface area contributed by atoms with Gasteiger partial charge in [0.15, 0.2) is 4.34 Å². The number of thioether (sulfide) groups is 1. The molecule has 0 radical (unpaired) electrons. The van der Waals surface area contributed by atoms with Gasteiger partial charge in [-0.3, -0.25) is 4.79 Å².